The Bertz CT molecular complexity index is 685. The van der Waals surface area contributed by atoms with Crippen molar-refractivity contribution in [3.8, 4) is 11.8 Å². The first kappa shape index (κ1) is 14.5. The summed E-state index contributed by atoms with van der Waals surface area (Å²) in [6, 6.07) is 14.7. The van der Waals surface area contributed by atoms with Crippen LogP contribution < -0.4 is 4.74 Å². The quantitative estimate of drug-likeness (QED) is 0.586. The van der Waals surface area contributed by atoms with Gasteiger partial charge in [-0.25, -0.2) is 0 Å². The third kappa shape index (κ3) is 3.33. The Kier molecular flexibility index (Phi) is 4.68. The molecule has 0 bridgehead atoms. The molecule has 0 amide bonds. The molecule has 4 heteroatoms. The van der Waals surface area contributed by atoms with Gasteiger partial charge in [0.25, 0.3) is 0 Å². The lowest BCUT2D eigenvalue weighted by Gasteiger charge is -2.04. The molecule has 0 radical (unpaired) electrons. The molecule has 2 rings (SSSR count). The molecule has 0 saturated heterocycles. The molecular weight excluding hydrogens is 293 g/mol. The number of benzene rings is 2. The smallest absolute Gasteiger partial charge is 0.118 e. The van der Waals surface area contributed by atoms with Gasteiger partial charge in [0.05, 0.1) is 23.8 Å². The zero-order chi connectivity index (χ0) is 14.5. The molecular formula is C16H11Cl2NO. The van der Waals surface area contributed by atoms with Crippen LogP contribution >= 0.6 is 23.2 Å². The second-order valence-electron chi connectivity index (χ2n) is 4.07. The van der Waals surface area contributed by atoms with Crippen LogP contribution in [0.3, 0.4) is 0 Å². The van der Waals surface area contributed by atoms with E-state index in [9.17, 15) is 5.26 Å². The Balaban J connectivity index is 2.40. The zero-order valence-electron chi connectivity index (χ0n) is 10.7. The van der Waals surface area contributed by atoms with Gasteiger partial charge >= 0.3 is 0 Å². The van der Waals surface area contributed by atoms with Gasteiger partial charge < -0.3 is 4.74 Å². The first-order valence-corrected chi connectivity index (χ1v) is 6.61. The molecule has 100 valence electrons. The molecule has 20 heavy (non-hydrogen) atoms. The second kappa shape index (κ2) is 6.47. The Hall–Kier alpha value is -1.95. The summed E-state index contributed by atoms with van der Waals surface area (Å²) in [5.74, 6) is 0.769. The van der Waals surface area contributed by atoms with Crippen molar-refractivity contribution in [3.05, 3.63) is 63.6 Å². The molecule has 2 aromatic rings. The summed E-state index contributed by atoms with van der Waals surface area (Å²) in [6.45, 7) is 0. The van der Waals surface area contributed by atoms with E-state index in [4.69, 9.17) is 27.9 Å². The molecule has 0 unspecified atom stereocenters. The van der Waals surface area contributed by atoms with Crippen molar-refractivity contribution in [2.45, 2.75) is 0 Å². The predicted octanol–water partition coefficient (Wildman–Crippen LogP) is 5.07. The first-order valence-electron chi connectivity index (χ1n) is 5.85. The number of rotatable bonds is 3. The van der Waals surface area contributed by atoms with E-state index in [2.05, 4.69) is 6.07 Å². The average Bonchev–Trinajstić information content (AvgIpc) is 2.46. The highest BCUT2D eigenvalue weighted by molar-refractivity contribution is 6.36. The van der Waals surface area contributed by atoms with Gasteiger partial charge in [0.15, 0.2) is 0 Å². The fourth-order valence-electron chi connectivity index (χ4n) is 1.74. The van der Waals surface area contributed by atoms with Crippen LogP contribution in [-0.2, 0) is 0 Å². The lowest BCUT2D eigenvalue weighted by molar-refractivity contribution is 0.415. The van der Waals surface area contributed by atoms with Crippen LogP contribution in [-0.4, -0.2) is 7.11 Å². The molecule has 2 aromatic carbocycles. The second-order valence-corrected chi connectivity index (χ2v) is 4.91. The fourth-order valence-corrected chi connectivity index (χ4v) is 2.26. The summed E-state index contributed by atoms with van der Waals surface area (Å²) in [4.78, 5) is 0. The minimum Gasteiger partial charge on any atom is -0.497 e. The van der Waals surface area contributed by atoms with E-state index in [1.165, 1.54) is 0 Å². The summed E-state index contributed by atoms with van der Waals surface area (Å²) in [5.41, 5.74) is 2.04. The minimum absolute atomic E-state index is 0.457. The van der Waals surface area contributed by atoms with E-state index in [-0.39, 0.29) is 0 Å². The highest BCUT2D eigenvalue weighted by atomic mass is 35.5. The maximum Gasteiger partial charge on any atom is 0.118 e. The van der Waals surface area contributed by atoms with Crippen molar-refractivity contribution >= 4 is 34.9 Å². The lowest BCUT2D eigenvalue weighted by atomic mass is 10.0. The average molecular weight is 304 g/mol. The van der Waals surface area contributed by atoms with E-state index >= 15 is 0 Å². The van der Waals surface area contributed by atoms with E-state index in [1.54, 1.807) is 31.4 Å². The van der Waals surface area contributed by atoms with Crippen LogP contribution in [0, 0.1) is 11.3 Å². The molecule has 0 aliphatic carbocycles. The fraction of sp³-hybridized carbons (Fsp3) is 0.0625. The van der Waals surface area contributed by atoms with Gasteiger partial charge in [-0.05, 0) is 35.9 Å². The maximum atomic E-state index is 9.30. The van der Waals surface area contributed by atoms with Gasteiger partial charge in [-0.3, -0.25) is 0 Å². The van der Waals surface area contributed by atoms with Crippen molar-refractivity contribution in [1.82, 2.24) is 0 Å². The van der Waals surface area contributed by atoms with Crippen molar-refractivity contribution in [2.24, 2.45) is 0 Å². The van der Waals surface area contributed by atoms with Gasteiger partial charge in [-0.15, -0.1) is 0 Å². The monoisotopic (exact) mass is 303 g/mol. The molecule has 0 atom stereocenters. The van der Waals surface area contributed by atoms with Crippen molar-refractivity contribution < 1.29 is 4.74 Å². The molecule has 0 spiro atoms. The van der Waals surface area contributed by atoms with Crippen LogP contribution in [0.2, 0.25) is 10.0 Å². The van der Waals surface area contributed by atoms with Crippen LogP contribution in [0.5, 0.6) is 5.75 Å². The number of ether oxygens (including phenoxy) is 1. The van der Waals surface area contributed by atoms with Gasteiger partial charge in [0.2, 0.25) is 0 Å². The number of hydrogen-bond donors (Lipinski definition) is 0. The van der Waals surface area contributed by atoms with E-state index in [0.717, 1.165) is 11.3 Å². The van der Waals surface area contributed by atoms with Gasteiger partial charge in [-0.2, -0.15) is 5.26 Å². The summed E-state index contributed by atoms with van der Waals surface area (Å²) in [7, 11) is 1.61. The number of nitriles is 1. The third-order valence-corrected chi connectivity index (χ3v) is 3.32. The largest absolute Gasteiger partial charge is 0.497 e. The highest BCUT2D eigenvalue weighted by Crippen LogP contribution is 2.28. The third-order valence-electron chi connectivity index (χ3n) is 2.77. The standard InChI is InChI=1S/C16H11Cl2NO/c1-20-14-5-2-11(3-6-14)8-12(10-19)15-7-4-13(17)9-16(15)18/h2-9H,1H3. The SMILES string of the molecule is COc1ccc(C=C(C#N)c2ccc(Cl)cc2Cl)cc1. The predicted molar refractivity (Wildman–Crippen MR) is 82.9 cm³/mol. The Morgan fingerprint density at radius 1 is 1.15 bits per heavy atom. The van der Waals surface area contributed by atoms with Crippen molar-refractivity contribution in [1.29, 1.82) is 5.26 Å². The number of nitrogens with zero attached hydrogens (tertiary/aromatic N) is 1. The Labute approximate surface area is 127 Å². The molecule has 0 fully saturated rings. The van der Waals surface area contributed by atoms with Gasteiger partial charge in [0, 0.05) is 10.6 Å². The highest BCUT2D eigenvalue weighted by Gasteiger charge is 2.07. The molecule has 2 nitrogen and oxygen atoms in total. The van der Waals surface area contributed by atoms with E-state index in [0.29, 0.717) is 21.2 Å². The molecule has 0 saturated carbocycles. The van der Waals surface area contributed by atoms with Gasteiger partial charge in [-0.1, -0.05) is 41.4 Å². The number of allylic oxidation sites excluding steroid dienone is 1. The topological polar surface area (TPSA) is 33.0 Å². The van der Waals surface area contributed by atoms with E-state index < -0.39 is 0 Å². The summed E-state index contributed by atoms with van der Waals surface area (Å²) < 4.78 is 5.10. The molecule has 0 aliphatic rings. The van der Waals surface area contributed by atoms with E-state index in [1.807, 2.05) is 24.3 Å². The summed E-state index contributed by atoms with van der Waals surface area (Å²) in [6.07, 6.45) is 1.77. The molecule has 0 aromatic heterocycles. The lowest BCUT2D eigenvalue weighted by Crippen LogP contribution is -1.85. The molecule has 0 heterocycles. The van der Waals surface area contributed by atoms with Crippen LogP contribution in [0.1, 0.15) is 11.1 Å². The Morgan fingerprint density at radius 2 is 1.85 bits per heavy atom. The van der Waals surface area contributed by atoms with Crippen LogP contribution in [0.4, 0.5) is 0 Å². The van der Waals surface area contributed by atoms with Crippen LogP contribution in [0.25, 0.3) is 11.6 Å². The van der Waals surface area contributed by atoms with Gasteiger partial charge in [0.1, 0.15) is 5.75 Å². The zero-order valence-corrected chi connectivity index (χ0v) is 12.2. The number of halogens is 2. The number of hydrogen-bond acceptors (Lipinski definition) is 2. The summed E-state index contributed by atoms with van der Waals surface area (Å²) >= 11 is 12.0. The first-order chi connectivity index (χ1) is 9.63. The van der Waals surface area contributed by atoms with Crippen molar-refractivity contribution in [2.75, 3.05) is 7.11 Å². The Morgan fingerprint density at radius 3 is 2.40 bits per heavy atom. The number of methoxy groups -OCH3 is 1. The summed E-state index contributed by atoms with van der Waals surface area (Å²) in [5, 5.41) is 10.3. The van der Waals surface area contributed by atoms with Crippen LogP contribution in [0.15, 0.2) is 42.5 Å². The van der Waals surface area contributed by atoms with Crippen molar-refractivity contribution in [3.63, 3.8) is 0 Å². The molecule has 0 N–H and O–H groups in total. The minimum atomic E-state index is 0.457. The maximum absolute atomic E-state index is 9.30. The molecule has 0 aliphatic heterocycles. The normalized spacial score (nSPS) is 11.0.